The maximum atomic E-state index is 2.49. The molecule has 0 spiro atoms. The second-order valence-electron chi connectivity index (χ2n) is 14.4. The van der Waals surface area contributed by atoms with Gasteiger partial charge < -0.3 is 4.90 Å². The van der Waals surface area contributed by atoms with Crippen LogP contribution in [0.15, 0.2) is 115 Å². The first-order valence-electron chi connectivity index (χ1n) is 16.0. The highest BCUT2D eigenvalue weighted by Crippen LogP contribution is 2.65. The molecule has 4 aliphatic rings. The summed E-state index contributed by atoms with van der Waals surface area (Å²) < 4.78 is 0. The molecule has 2 atom stereocenters. The SMILES string of the molecule is CC(C)(C)c1ccc(N(c2ccccc2)c2ccccc2-c2cccc3cccc(C45CC6CC(C4)C(C6)C5)c23)cc1. The molecule has 4 saturated carbocycles. The summed E-state index contributed by atoms with van der Waals surface area (Å²) in [6, 6.07) is 43.2. The van der Waals surface area contributed by atoms with Gasteiger partial charge in [0.15, 0.2) is 0 Å². The first kappa shape index (κ1) is 25.8. The van der Waals surface area contributed by atoms with Crippen molar-refractivity contribution in [2.24, 2.45) is 17.8 Å². The Bertz CT molecular complexity index is 1730. The van der Waals surface area contributed by atoms with E-state index in [1.54, 1.807) is 5.56 Å². The number of benzene rings is 5. The predicted molar refractivity (Wildman–Crippen MR) is 178 cm³/mol. The summed E-state index contributed by atoms with van der Waals surface area (Å²) in [5.41, 5.74) is 9.69. The minimum absolute atomic E-state index is 0.117. The third-order valence-corrected chi connectivity index (χ3v) is 10.8. The van der Waals surface area contributed by atoms with E-state index in [4.69, 9.17) is 0 Å². The minimum Gasteiger partial charge on any atom is -0.310 e. The Morgan fingerprint density at radius 3 is 1.90 bits per heavy atom. The molecule has 0 aromatic heterocycles. The Morgan fingerprint density at radius 2 is 1.21 bits per heavy atom. The number of rotatable bonds is 5. The lowest BCUT2D eigenvalue weighted by atomic mass is 9.64. The molecular weight excluding hydrogens is 506 g/mol. The molecule has 0 amide bonds. The van der Waals surface area contributed by atoms with Crippen LogP contribution in [0.1, 0.15) is 64.0 Å². The smallest absolute Gasteiger partial charge is 0.0540 e. The standard InChI is InChI=1S/C41H41N/c1-40(2,3)32-19-21-34(22-20-32)42(33-13-5-4-6-14-33)38-18-8-7-15-35(38)36-16-9-11-29-12-10-17-37(39(29)36)41-25-28-23-30(26-41)31(24-28)27-41/h4-22,28,30-31H,23-27H2,1-3H3. The molecule has 210 valence electrons. The Kier molecular flexibility index (Phi) is 5.90. The van der Waals surface area contributed by atoms with Gasteiger partial charge >= 0.3 is 0 Å². The van der Waals surface area contributed by atoms with E-state index >= 15 is 0 Å². The van der Waals surface area contributed by atoms with Crippen molar-refractivity contribution >= 4 is 27.8 Å². The van der Waals surface area contributed by atoms with Crippen LogP contribution in [0.4, 0.5) is 17.1 Å². The monoisotopic (exact) mass is 547 g/mol. The lowest BCUT2D eigenvalue weighted by Gasteiger charge is -2.40. The van der Waals surface area contributed by atoms with Crippen molar-refractivity contribution in [1.82, 2.24) is 0 Å². The van der Waals surface area contributed by atoms with Crippen LogP contribution in [-0.4, -0.2) is 0 Å². The van der Waals surface area contributed by atoms with E-state index in [9.17, 15) is 0 Å². The van der Waals surface area contributed by atoms with Crippen LogP contribution in [0, 0.1) is 17.8 Å². The molecule has 5 aromatic rings. The number of hydrogen-bond donors (Lipinski definition) is 0. The van der Waals surface area contributed by atoms with Crippen LogP contribution in [0.2, 0.25) is 0 Å². The predicted octanol–water partition coefficient (Wildman–Crippen LogP) is 11.4. The zero-order valence-corrected chi connectivity index (χ0v) is 25.2. The summed E-state index contributed by atoms with van der Waals surface area (Å²) in [6.45, 7) is 6.85. The summed E-state index contributed by atoms with van der Waals surface area (Å²) in [7, 11) is 0. The third kappa shape index (κ3) is 4.12. The normalized spacial score (nSPS) is 24.4. The molecule has 0 radical (unpaired) electrons. The molecule has 4 aliphatic carbocycles. The Morgan fingerprint density at radius 1 is 0.595 bits per heavy atom. The van der Waals surface area contributed by atoms with Crippen molar-refractivity contribution in [2.75, 3.05) is 4.90 Å². The van der Waals surface area contributed by atoms with E-state index < -0.39 is 0 Å². The Labute approximate surface area is 251 Å². The summed E-state index contributed by atoms with van der Waals surface area (Å²) in [5, 5.41) is 2.85. The molecule has 0 heterocycles. The van der Waals surface area contributed by atoms with Crippen LogP contribution in [0.3, 0.4) is 0 Å². The van der Waals surface area contributed by atoms with Crippen LogP contribution >= 0.6 is 0 Å². The fourth-order valence-electron chi connectivity index (χ4n) is 9.16. The van der Waals surface area contributed by atoms with Gasteiger partial charge in [0.1, 0.15) is 0 Å². The lowest BCUT2D eigenvalue weighted by Crippen LogP contribution is -2.31. The van der Waals surface area contributed by atoms with Crippen molar-refractivity contribution in [3.63, 3.8) is 0 Å². The van der Waals surface area contributed by atoms with Crippen LogP contribution < -0.4 is 4.90 Å². The number of anilines is 3. The van der Waals surface area contributed by atoms with E-state index in [0.29, 0.717) is 5.41 Å². The third-order valence-electron chi connectivity index (χ3n) is 10.8. The van der Waals surface area contributed by atoms with Crippen molar-refractivity contribution in [3.8, 4) is 11.1 Å². The second-order valence-corrected chi connectivity index (χ2v) is 14.4. The molecule has 9 rings (SSSR count). The van der Waals surface area contributed by atoms with Gasteiger partial charge in [-0.05, 0) is 118 Å². The Balaban J connectivity index is 1.33. The van der Waals surface area contributed by atoms with Crippen molar-refractivity contribution < 1.29 is 0 Å². The average molecular weight is 548 g/mol. The van der Waals surface area contributed by atoms with Gasteiger partial charge in [0.25, 0.3) is 0 Å². The maximum absolute atomic E-state index is 2.49. The summed E-state index contributed by atoms with van der Waals surface area (Å²) in [5.74, 6) is 2.83. The maximum Gasteiger partial charge on any atom is 0.0540 e. The molecule has 4 bridgehead atoms. The van der Waals surface area contributed by atoms with Gasteiger partial charge in [0.2, 0.25) is 0 Å². The van der Waals surface area contributed by atoms with Gasteiger partial charge in [-0.1, -0.05) is 106 Å². The molecule has 5 aromatic carbocycles. The largest absolute Gasteiger partial charge is 0.310 e. The minimum atomic E-state index is 0.117. The fraction of sp³-hybridized carbons (Fsp3) is 0.317. The van der Waals surface area contributed by atoms with E-state index in [0.717, 1.165) is 17.8 Å². The first-order valence-corrected chi connectivity index (χ1v) is 16.0. The number of nitrogens with zero attached hydrogens (tertiary/aromatic N) is 1. The van der Waals surface area contributed by atoms with Gasteiger partial charge in [0, 0.05) is 16.9 Å². The second kappa shape index (κ2) is 9.60. The topological polar surface area (TPSA) is 3.24 Å². The van der Waals surface area contributed by atoms with Crippen molar-refractivity contribution in [1.29, 1.82) is 0 Å². The highest BCUT2D eigenvalue weighted by Gasteiger charge is 2.56. The molecule has 0 N–H and O–H groups in total. The summed E-state index contributed by atoms with van der Waals surface area (Å²) in [6.07, 6.45) is 7.12. The van der Waals surface area contributed by atoms with E-state index in [1.165, 1.54) is 76.6 Å². The highest BCUT2D eigenvalue weighted by molar-refractivity contribution is 6.03. The van der Waals surface area contributed by atoms with E-state index in [1.807, 2.05) is 0 Å². The number of para-hydroxylation sites is 2. The Hall–Kier alpha value is -3.84. The number of fused-ring (bicyclic) bond motifs is 1. The first-order chi connectivity index (χ1) is 20.4. The summed E-state index contributed by atoms with van der Waals surface area (Å²) >= 11 is 0. The fourth-order valence-corrected chi connectivity index (χ4v) is 9.16. The van der Waals surface area contributed by atoms with Crippen LogP contribution in [0.25, 0.3) is 21.9 Å². The van der Waals surface area contributed by atoms with Gasteiger partial charge in [-0.3, -0.25) is 0 Å². The summed E-state index contributed by atoms with van der Waals surface area (Å²) in [4.78, 5) is 2.45. The highest BCUT2D eigenvalue weighted by atomic mass is 15.1. The van der Waals surface area contributed by atoms with Crippen LogP contribution in [-0.2, 0) is 10.8 Å². The number of hydrogen-bond acceptors (Lipinski definition) is 1. The van der Waals surface area contributed by atoms with Crippen molar-refractivity contribution in [2.45, 2.75) is 63.7 Å². The average Bonchev–Trinajstić information content (AvgIpc) is 3.43. The van der Waals surface area contributed by atoms with Crippen LogP contribution in [0.5, 0.6) is 0 Å². The van der Waals surface area contributed by atoms with E-state index in [-0.39, 0.29) is 5.41 Å². The molecule has 0 saturated heterocycles. The van der Waals surface area contributed by atoms with Gasteiger partial charge in [-0.2, -0.15) is 0 Å². The molecule has 4 fully saturated rings. The van der Waals surface area contributed by atoms with Crippen molar-refractivity contribution in [3.05, 3.63) is 126 Å². The molecular formula is C41H41N. The van der Waals surface area contributed by atoms with Gasteiger partial charge in [0.05, 0.1) is 5.69 Å². The molecule has 0 aliphatic heterocycles. The quantitative estimate of drug-likeness (QED) is 0.211. The molecule has 1 heteroatoms. The zero-order chi connectivity index (χ0) is 28.5. The zero-order valence-electron chi connectivity index (χ0n) is 25.2. The van der Waals surface area contributed by atoms with Gasteiger partial charge in [-0.15, -0.1) is 0 Å². The lowest BCUT2D eigenvalue weighted by molar-refractivity contribution is 0.231. The molecule has 2 unspecified atom stereocenters. The van der Waals surface area contributed by atoms with E-state index in [2.05, 4.69) is 141 Å². The molecule has 42 heavy (non-hydrogen) atoms. The van der Waals surface area contributed by atoms with Gasteiger partial charge in [-0.25, -0.2) is 0 Å². The molecule has 1 nitrogen and oxygen atoms in total.